The maximum Gasteiger partial charge on any atom is 0.314 e. The van der Waals surface area contributed by atoms with Crippen LogP contribution in [0.2, 0.25) is 0 Å². The SMILES string of the molecule is CCOC(=O)C1(Cc2ccc(F)cc2F)CCCN(C(=O)c2scc3c2OCCO3)C1. The van der Waals surface area contributed by atoms with Gasteiger partial charge in [-0.05, 0) is 37.8 Å². The zero-order chi connectivity index (χ0) is 22.0. The number of amides is 1. The fourth-order valence-electron chi connectivity index (χ4n) is 4.16. The van der Waals surface area contributed by atoms with Crippen LogP contribution in [0.1, 0.15) is 35.0 Å². The molecule has 3 heterocycles. The van der Waals surface area contributed by atoms with Gasteiger partial charge in [-0.3, -0.25) is 9.59 Å². The molecule has 0 bridgehead atoms. The number of ether oxygens (including phenoxy) is 3. The fourth-order valence-corrected chi connectivity index (χ4v) is 5.05. The van der Waals surface area contributed by atoms with Crippen LogP contribution in [0, 0.1) is 17.0 Å². The van der Waals surface area contributed by atoms with Crippen molar-refractivity contribution >= 4 is 23.2 Å². The lowest BCUT2D eigenvalue weighted by atomic mass is 9.75. The molecule has 1 atom stereocenters. The van der Waals surface area contributed by atoms with Crippen molar-refractivity contribution in [1.82, 2.24) is 4.90 Å². The molecule has 1 amide bonds. The molecule has 31 heavy (non-hydrogen) atoms. The summed E-state index contributed by atoms with van der Waals surface area (Å²) in [6.07, 6.45) is 1.01. The first-order chi connectivity index (χ1) is 14.9. The Balaban J connectivity index is 1.62. The predicted octanol–water partition coefficient (Wildman–Crippen LogP) is 3.83. The van der Waals surface area contributed by atoms with Gasteiger partial charge in [0.15, 0.2) is 11.5 Å². The van der Waals surface area contributed by atoms with Crippen molar-refractivity contribution in [2.45, 2.75) is 26.2 Å². The molecule has 6 nitrogen and oxygen atoms in total. The van der Waals surface area contributed by atoms with E-state index in [0.717, 1.165) is 12.1 Å². The number of rotatable bonds is 5. The van der Waals surface area contributed by atoms with Gasteiger partial charge >= 0.3 is 5.97 Å². The number of fused-ring (bicyclic) bond motifs is 1. The van der Waals surface area contributed by atoms with E-state index in [2.05, 4.69) is 0 Å². The molecule has 1 saturated heterocycles. The van der Waals surface area contributed by atoms with E-state index in [1.165, 1.54) is 17.4 Å². The van der Waals surface area contributed by atoms with Crippen molar-refractivity contribution in [3.05, 3.63) is 45.7 Å². The van der Waals surface area contributed by atoms with Crippen molar-refractivity contribution in [1.29, 1.82) is 0 Å². The van der Waals surface area contributed by atoms with E-state index in [0.29, 0.717) is 49.0 Å². The Bertz CT molecular complexity index is 994. The highest BCUT2D eigenvalue weighted by atomic mass is 32.1. The molecule has 1 unspecified atom stereocenters. The molecule has 1 aromatic heterocycles. The van der Waals surface area contributed by atoms with Crippen LogP contribution in [0.25, 0.3) is 0 Å². The number of carbonyl (C=O) groups is 2. The van der Waals surface area contributed by atoms with Gasteiger partial charge in [-0.15, -0.1) is 11.3 Å². The van der Waals surface area contributed by atoms with Gasteiger partial charge in [0, 0.05) is 24.5 Å². The number of halogens is 2. The van der Waals surface area contributed by atoms with Crippen LogP contribution < -0.4 is 9.47 Å². The van der Waals surface area contributed by atoms with Crippen LogP contribution >= 0.6 is 11.3 Å². The molecule has 9 heteroatoms. The van der Waals surface area contributed by atoms with Crippen molar-refractivity contribution in [3.8, 4) is 11.5 Å². The van der Waals surface area contributed by atoms with Crippen LogP contribution in [0.15, 0.2) is 23.6 Å². The summed E-state index contributed by atoms with van der Waals surface area (Å²) in [6, 6.07) is 3.31. The summed E-state index contributed by atoms with van der Waals surface area (Å²) in [5.74, 6) is -1.17. The lowest BCUT2D eigenvalue weighted by Gasteiger charge is -2.41. The molecule has 0 aliphatic carbocycles. The number of benzene rings is 1. The molecule has 1 fully saturated rings. The van der Waals surface area contributed by atoms with Gasteiger partial charge in [0.25, 0.3) is 5.91 Å². The van der Waals surface area contributed by atoms with E-state index in [1.807, 2.05) is 0 Å². The van der Waals surface area contributed by atoms with Gasteiger partial charge in [0.05, 0.1) is 12.0 Å². The van der Waals surface area contributed by atoms with E-state index in [-0.39, 0.29) is 31.0 Å². The molecule has 2 aromatic rings. The molecule has 0 saturated carbocycles. The fraction of sp³-hybridized carbons (Fsp3) is 0.455. The highest BCUT2D eigenvalue weighted by Gasteiger charge is 2.46. The monoisotopic (exact) mass is 451 g/mol. The first kappa shape index (κ1) is 21.5. The normalized spacial score (nSPS) is 20.4. The molecule has 2 aliphatic heterocycles. The second-order valence-corrected chi connectivity index (χ2v) is 8.58. The number of likely N-dealkylation sites (tertiary alicyclic amines) is 1. The Hall–Kier alpha value is -2.68. The highest BCUT2D eigenvalue weighted by Crippen LogP contribution is 2.42. The van der Waals surface area contributed by atoms with Gasteiger partial charge in [-0.2, -0.15) is 0 Å². The predicted molar refractivity (Wildman–Crippen MR) is 110 cm³/mol. The van der Waals surface area contributed by atoms with E-state index in [4.69, 9.17) is 14.2 Å². The van der Waals surface area contributed by atoms with Crippen LogP contribution in [0.5, 0.6) is 11.5 Å². The molecule has 0 radical (unpaired) electrons. The molecule has 166 valence electrons. The van der Waals surface area contributed by atoms with Crippen LogP contribution in [-0.2, 0) is 16.0 Å². The average molecular weight is 451 g/mol. The van der Waals surface area contributed by atoms with E-state index < -0.39 is 23.0 Å². The highest BCUT2D eigenvalue weighted by molar-refractivity contribution is 7.12. The second kappa shape index (κ2) is 8.82. The summed E-state index contributed by atoms with van der Waals surface area (Å²) in [5, 5.41) is 1.73. The molecule has 0 N–H and O–H groups in total. The van der Waals surface area contributed by atoms with E-state index in [9.17, 15) is 18.4 Å². The average Bonchev–Trinajstić information content (AvgIpc) is 3.20. The van der Waals surface area contributed by atoms with Gasteiger partial charge < -0.3 is 19.1 Å². The van der Waals surface area contributed by atoms with Crippen LogP contribution in [0.4, 0.5) is 8.78 Å². The number of thiophene rings is 1. The summed E-state index contributed by atoms with van der Waals surface area (Å²) < 4.78 is 44.2. The largest absolute Gasteiger partial charge is 0.485 e. The zero-order valence-electron chi connectivity index (χ0n) is 17.1. The van der Waals surface area contributed by atoms with Crippen molar-refractivity contribution in [2.75, 3.05) is 32.9 Å². The van der Waals surface area contributed by atoms with Gasteiger partial charge in [0.2, 0.25) is 0 Å². The zero-order valence-corrected chi connectivity index (χ0v) is 17.9. The summed E-state index contributed by atoms with van der Waals surface area (Å²) in [7, 11) is 0. The first-order valence-corrected chi connectivity index (χ1v) is 11.1. The van der Waals surface area contributed by atoms with E-state index >= 15 is 0 Å². The molecular formula is C22H23F2NO5S. The quantitative estimate of drug-likeness (QED) is 0.647. The number of piperidine rings is 1. The lowest BCUT2D eigenvalue weighted by molar-refractivity contribution is -0.158. The third-order valence-corrected chi connectivity index (χ3v) is 6.54. The molecule has 2 aliphatic rings. The Labute approximate surface area is 182 Å². The smallest absolute Gasteiger partial charge is 0.314 e. The molecule has 1 aromatic carbocycles. The van der Waals surface area contributed by atoms with Crippen LogP contribution in [-0.4, -0.2) is 49.7 Å². The number of hydrogen-bond acceptors (Lipinski definition) is 6. The Morgan fingerprint density at radius 2 is 2.06 bits per heavy atom. The summed E-state index contributed by atoms with van der Waals surface area (Å²) >= 11 is 1.23. The third-order valence-electron chi connectivity index (χ3n) is 5.61. The maximum absolute atomic E-state index is 14.4. The lowest BCUT2D eigenvalue weighted by Crippen LogP contribution is -2.51. The first-order valence-electron chi connectivity index (χ1n) is 10.2. The molecule has 0 spiro atoms. The van der Waals surface area contributed by atoms with E-state index in [1.54, 1.807) is 17.2 Å². The third kappa shape index (κ3) is 4.23. The van der Waals surface area contributed by atoms with Crippen molar-refractivity contribution in [3.63, 3.8) is 0 Å². The number of hydrogen-bond donors (Lipinski definition) is 0. The maximum atomic E-state index is 14.4. The minimum atomic E-state index is -1.11. The van der Waals surface area contributed by atoms with Crippen molar-refractivity contribution in [2.24, 2.45) is 5.41 Å². The Kier molecular flexibility index (Phi) is 6.13. The van der Waals surface area contributed by atoms with Crippen molar-refractivity contribution < 1.29 is 32.6 Å². The van der Waals surface area contributed by atoms with Gasteiger partial charge in [-0.1, -0.05) is 6.07 Å². The van der Waals surface area contributed by atoms with Gasteiger partial charge in [-0.25, -0.2) is 8.78 Å². The summed E-state index contributed by atoms with van der Waals surface area (Å²) in [5.41, 5.74) is -0.897. The number of carbonyl (C=O) groups excluding carboxylic acids is 2. The molecule has 4 rings (SSSR count). The van der Waals surface area contributed by atoms with Gasteiger partial charge in [0.1, 0.15) is 29.7 Å². The number of nitrogens with zero attached hydrogens (tertiary/aromatic N) is 1. The number of esters is 1. The topological polar surface area (TPSA) is 65.1 Å². The Morgan fingerprint density at radius 3 is 2.84 bits per heavy atom. The standard InChI is InChI=1S/C22H23F2NO5S/c1-2-28-21(27)22(11-14-4-5-15(23)10-16(14)24)6-3-7-25(13-22)20(26)19-18-17(12-31-19)29-8-9-30-18/h4-5,10,12H,2-3,6-9,11,13H2,1H3. The summed E-state index contributed by atoms with van der Waals surface area (Å²) in [6.45, 7) is 3.19. The Morgan fingerprint density at radius 1 is 1.26 bits per heavy atom. The van der Waals surface area contributed by atoms with Crippen LogP contribution in [0.3, 0.4) is 0 Å². The summed E-state index contributed by atoms with van der Waals surface area (Å²) in [4.78, 5) is 28.3. The minimum Gasteiger partial charge on any atom is -0.485 e. The molecular weight excluding hydrogens is 428 g/mol. The minimum absolute atomic E-state index is 0.0177. The second-order valence-electron chi connectivity index (χ2n) is 7.70.